The van der Waals surface area contributed by atoms with Crippen molar-refractivity contribution in [3.63, 3.8) is 0 Å². The number of imidazole rings is 1. The van der Waals surface area contributed by atoms with Crippen LogP contribution in [0.2, 0.25) is 5.02 Å². The lowest BCUT2D eigenvalue weighted by Crippen LogP contribution is -2.35. The first-order chi connectivity index (χ1) is 20.3. The summed E-state index contributed by atoms with van der Waals surface area (Å²) in [4.78, 5) is 20.9. The van der Waals surface area contributed by atoms with E-state index >= 15 is 0 Å². The number of likely N-dealkylation sites (tertiary alicyclic amines) is 1. The van der Waals surface area contributed by atoms with Gasteiger partial charge in [-0.05, 0) is 68.6 Å². The molecule has 0 saturated carbocycles. The Hall–Kier alpha value is -3.18. The Morgan fingerprint density at radius 3 is 2.71 bits per heavy atom. The third-order valence-corrected chi connectivity index (χ3v) is 9.75. The van der Waals surface area contributed by atoms with Crippen molar-refractivity contribution in [3.05, 3.63) is 75.1 Å². The highest BCUT2D eigenvalue weighted by Crippen LogP contribution is 2.50. The molecule has 3 aliphatic rings. The van der Waals surface area contributed by atoms with Gasteiger partial charge in [-0.25, -0.2) is 14.2 Å². The summed E-state index contributed by atoms with van der Waals surface area (Å²) in [6.45, 7) is 5.75. The summed E-state index contributed by atoms with van der Waals surface area (Å²) >= 11 is 7.34. The zero-order valence-corrected chi connectivity index (χ0v) is 25.0. The van der Waals surface area contributed by atoms with Gasteiger partial charge in [0.25, 0.3) is 5.79 Å². The number of para-hydroxylation sites is 1. The SMILES string of the molecule is COC(=O)c1cc2c(nc(CN3CCC(c4cccc5c4OC(C)(c4ccc(Cl)cc4F)O5)CC3)n2CC2CCO2)s1. The number of benzene rings is 2. The molecule has 220 valence electrons. The second kappa shape index (κ2) is 10.8. The van der Waals surface area contributed by atoms with E-state index in [1.54, 1.807) is 19.1 Å². The highest BCUT2D eigenvalue weighted by atomic mass is 35.5. The van der Waals surface area contributed by atoms with Gasteiger partial charge >= 0.3 is 5.97 Å². The first kappa shape index (κ1) is 27.6. The minimum absolute atomic E-state index is 0.169. The second-order valence-corrected chi connectivity index (χ2v) is 12.7. The lowest BCUT2D eigenvalue weighted by Gasteiger charge is -2.33. The molecule has 5 heterocycles. The maximum absolute atomic E-state index is 14.8. The standard InChI is InChI=1S/C31H31ClFN3O5S/c1-31(22-7-6-19(32)14-23(22)33)40-25-5-3-4-21(28(25)41-31)18-8-11-35(12-9-18)17-27-34-29-24(15-26(42-29)30(37)38-2)36(27)16-20-10-13-39-20/h3-7,14-15,18,20H,8-13,16-17H2,1-2H3. The van der Waals surface area contributed by atoms with Crippen LogP contribution in [-0.2, 0) is 28.4 Å². The number of fused-ring (bicyclic) bond motifs is 2. The quantitative estimate of drug-likeness (QED) is 0.221. The van der Waals surface area contributed by atoms with Gasteiger partial charge in [0.05, 0.1) is 37.4 Å². The molecule has 2 aromatic carbocycles. The number of carbonyl (C=O) groups excluding carboxylic acids is 1. The fraction of sp³-hybridized carbons (Fsp3) is 0.419. The largest absolute Gasteiger partial charge is 0.465 e. The van der Waals surface area contributed by atoms with Gasteiger partial charge in [0.2, 0.25) is 0 Å². The number of nitrogens with zero attached hydrogens (tertiary/aromatic N) is 3. The summed E-state index contributed by atoms with van der Waals surface area (Å²) < 4.78 is 40.2. The van der Waals surface area contributed by atoms with E-state index in [1.807, 2.05) is 18.2 Å². The molecule has 42 heavy (non-hydrogen) atoms. The van der Waals surface area contributed by atoms with Crippen molar-refractivity contribution in [3.8, 4) is 11.5 Å². The number of piperidine rings is 1. The lowest BCUT2D eigenvalue weighted by atomic mass is 9.88. The molecule has 0 bridgehead atoms. The van der Waals surface area contributed by atoms with Crippen molar-refractivity contribution < 1.29 is 28.1 Å². The van der Waals surface area contributed by atoms with E-state index < -0.39 is 11.6 Å². The first-order valence-electron chi connectivity index (χ1n) is 14.2. The number of hydrogen-bond acceptors (Lipinski definition) is 8. The Balaban J connectivity index is 1.06. The number of rotatable bonds is 7. The van der Waals surface area contributed by atoms with Crippen molar-refractivity contribution >= 4 is 39.3 Å². The fourth-order valence-corrected chi connectivity index (χ4v) is 7.29. The Morgan fingerprint density at radius 1 is 1.19 bits per heavy atom. The normalized spacial score (nSPS) is 22.4. The highest BCUT2D eigenvalue weighted by Gasteiger charge is 2.43. The number of esters is 1. The zero-order valence-electron chi connectivity index (χ0n) is 23.4. The molecule has 2 unspecified atom stereocenters. The van der Waals surface area contributed by atoms with Crippen molar-refractivity contribution in [2.45, 2.75) is 57.1 Å². The van der Waals surface area contributed by atoms with Gasteiger partial charge in [-0.15, -0.1) is 11.3 Å². The van der Waals surface area contributed by atoms with Crippen LogP contribution < -0.4 is 9.47 Å². The van der Waals surface area contributed by atoms with Crippen LogP contribution in [0.25, 0.3) is 10.3 Å². The van der Waals surface area contributed by atoms with Crippen LogP contribution in [0.4, 0.5) is 4.39 Å². The molecule has 11 heteroatoms. The van der Waals surface area contributed by atoms with Crippen LogP contribution in [0.3, 0.4) is 0 Å². The van der Waals surface area contributed by atoms with Crippen LogP contribution >= 0.6 is 22.9 Å². The average molecular weight is 612 g/mol. The molecule has 0 amide bonds. The summed E-state index contributed by atoms with van der Waals surface area (Å²) in [5.41, 5.74) is 2.35. The van der Waals surface area contributed by atoms with Gasteiger partial charge in [-0.2, -0.15) is 0 Å². The van der Waals surface area contributed by atoms with E-state index in [2.05, 4.69) is 15.5 Å². The average Bonchev–Trinajstić information content (AvgIpc) is 3.61. The van der Waals surface area contributed by atoms with Crippen molar-refractivity contribution in [1.82, 2.24) is 14.5 Å². The molecular formula is C31H31ClFN3O5S. The summed E-state index contributed by atoms with van der Waals surface area (Å²) in [7, 11) is 1.40. The predicted octanol–water partition coefficient (Wildman–Crippen LogP) is 6.49. The number of aromatic nitrogens is 2. The first-order valence-corrected chi connectivity index (χ1v) is 15.4. The second-order valence-electron chi connectivity index (χ2n) is 11.2. The third kappa shape index (κ3) is 4.94. The summed E-state index contributed by atoms with van der Waals surface area (Å²) in [5.74, 6) is 0.509. The smallest absolute Gasteiger partial charge is 0.348 e. The molecule has 2 aromatic heterocycles. The van der Waals surface area contributed by atoms with Gasteiger partial charge in [0.1, 0.15) is 21.3 Å². The van der Waals surface area contributed by atoms with Gasteiger partial charge < -0.3 is 23.5 Å². The number of hydrogen-bond donors (Lipinski definition) is 0. The number of carbonyl (C=O) groups is 1. The Bertz CT molecular complexity index is 1660. The van der Waals surface area contributed by atoms with Crippen LogP contribution in [0.1, 0.15) is 58.7 Å². The molecule has 0 radical (unpaired) electrons. The molecular weight excluding hydrogens is 581 g/mol. The monoisotopic (exact) mass is 611 g/mol. The van der Waals surface area contributed by atoms with E-state index in [9.17, 15) is 9.18 Å². The minimum Gasteiger partial charge on any atom is -0.465 e. The summed E-state index contributed by atoms with van der Waals surface area (Å²) in [6, 6.07) is 12.4. The number of thiophene rings is 1. The highest BCUT2D eigenvalue weighted by molar-refractivity contribution is 7.20. The third-order valence-electron chi connectivity index (χ3n) is 8.52. The van der Waals surface area contributed by atoms with Crippen molar-refractivity contribution in [1.29, 1.82) is 0 Å². The molecule has 8 nitrogen and oxygen atoms in total. The lowest BCUT2D eigenvalue weighted by molar-refractivity contribution is -0.0712. The van der Waals surface area contributed by atoms with Crippen LogP contribution in [0.5, 0.6) is 11.5 Å². The number of halogens is 2. The molecule has 4 aromatic rings. The Kier molecular flexibility index (Phi) is 7.12. The van der Waals surface area contributed by atoms with E-state index in [4.69, 9.17) is 35.5 Å². The topological polar surface area (TPSA) is 75.0 Å². The van der Waals surface area contributed by atoms with Gasteiger partial charge in [-0.1, -0.05) is 23.7 Å². The van der Waals surface area contributed by atoms with Crippen LogP contribution in [0, 0.1) is 5.82 Å². The molecule has 2 atom stereocenters. The molecule has 2 fully saturated rings. The molecule has 0 N–H and O–H groups in total. The zero-order chi connectivity index (χ0) is 29.0. The number of ether oxygens (including phenoxy) is 4. The molecule has 2 saturated heterocycles. The van der Waals surface area contributed by atoms with Gasteiger partial charge in [0, 0.05) is 24.1 Å². The maximum Gasteiger partial charge on any atom is 0.348 e. The number of methoxy groups -OCH3 is 1. The fourth-order valence-electron chi connectivity index (χ4n) is 6.16. The van der Waals surface area contributed by atoms with E-state index in [0.29, 0.717) is 27.0 Å². The summed E-state index contributed by atoms with van der Waals surface area (Å²) in [5, 5.41) is 0.326. The predicted molar refractivity (Wildman–Crippen MR) is 157 cm³/mol. The maximum atomic E-state index is 14.8. The van der Waals surface area contributed by atoms with E-state index in [0.717, 1.165) is 73.8 Å². The van der Waals surface area contributed by atoms with E-state index in [1.165, 1.54) is 24.5 Å². The van der Waals surface area contributed by atoms with Gasteiger partial charge in [-0.3, -0.25) is 4.90 Å². The van der Waals surface area contributed by atoms with Crippen LogP contribution in [0.15, 0.2) is 42.5 Å². The Labute approximate surface area is 251 Å². The molecule has 0 spiro atoms. The molecule has 7 rings (SSSR count). The Morgan fingerprint density at radius 2 is 2.00 bits per heavy atom. The van der Waals surface area contributed by atoms with E-state index in [-0.39, 0.29) is 18.0 Å². The molecule has 0 aliphatic carbocycles. The van der Waals surface area contributed by atoms with Crippen LogP contribution in [-0.4, -0.2) is 53.3 Å². The van der Waals surface area contributed by atoms with Gasteiger partial charge in [0.15, 0.2) is 11.5 Å². The van der Waals surface area contributed by atoms with Crippen molar-refractivity contribution in [2.24, 2.45) is 0 Å². The molecule has 3 aliphatic heterocycles. The van der Waals surface area contributed by atoms with Crippen molar-refractivity contribution in [2.75, 3.05) is 26.8 Å². The summed E-state index contributed by atoms with van der Waals surface area (Å²) in [6.07, 6.45) is 3.08. The minimum atomic E-state index is -1.27.